The number of nitrogens with zero attached hydrogens (tertiary/aromatic N) is 1. The van der Waals surface area contributed by atoms with Crippen molar-refractivity contribution in [2.45, 2.75) is 0 Å². The van der Waals surface area contributed by atoms with Gasteiger partial charge in [-0.15, -0.1) is 0 Å². The lowest BCUT2D eigenvalue weighted by atomic mass is 10.1. The Kier molecular flexibility index (Phi) is 7.43. The summed E-state index contributed by atoms with van der Waals surface area (Å²) in [6.07, 6.45) is 1.20. The number of carbonyl (C=O) groups excluding carboxylic acids is 2. The summed E-state index contributed by atoms with van der Waals surface area (Å²) in [6, 6.07) is 11.3. The van der Waals surface area contributed by atoms with Crippen LogP contribution in [0.3, 0.4) is 0 Å². The first-order chi connectivity index (χ1) is 11.6. The Bertz CT molecular complexity index is 719. The van der Waals surface area contributed by atoms with E-state index in [2.05, 4.69) is 10.6 Å². The standard InChI is InChI=1S/C14H12N2O4.C2H5NO/c1-20-14-5-3-2-4-13(14)15-12-7-6-11(16(18)19)8-10(12)9-17;1-3-2-4/h2-9,15H,1H3;2H,1H3,(H,3,4). The van der Waals surface area contributed by atoms with E-state index >= 15 is 0 Å². The Morgan fingerprint density at radius 1 is 1.12 bits per heavy atom. The fourth-order valence-electron chi connectivity index (χ4n) is 1.77. The number of nitrogens with one attached hydrogen (secondary N) is 2. The molecule has 0 bridgehead atoms. The summed E-state index contributed by atoms with van der Waals surface area (Å²) in [7, 11) is 3.10. The normalized spacial score (nSPS) is 9.08. The number of methoxy groups -OCH3 is 1. The van der Waals surface area contributed by atoms with Crippen LogP contribution in [-0.4, -0.2) is 31.8 Å². The minimum Gasteiger partial charge on any atom is -0.495 e. The van der Waals surface area contributed by atoms with Gasteiger partial charge in [0.2, 0.25) is 6.41 Å². The van der Waals surface area contributed by atoms with Gasteiger partial charge >= 0.3 is 0 Å². The highest BCUT2D eigenvalue weighted by Gasteiger charge is 2.11. The summed E-state index contributed by atoms with van der Waals surface area (Å²) >= 11 is 0. The summed E-state index contributed by atoms with van der Waals surface area (Å²) in [6.45, 7) is 0. The van der Waals surface area contributed by atoms with E-state index in [1.54, 1.807) is 19.2 Å². The van der Waals surface area contributed by atoms with Crippen LogP contribution in [0.5, 0.6) is 5.75 Å². The number of amides is 1. The molecule has 0 spiro atoms. The van der Waals surface area contributed by atoms with E-state index in [1.165, 1.54) is 25.3 Å². The van der Waals surface area contributed by atoms with Gasteiger partial charge in [0.05, 0.1) is 17.7 Å². The average molecular weight is 331 g/mol. The van der Waals surface area contributed by atoms with Crippen LogP contribution >= 0.6 is 0 Å². The number of aldehydes is 1. The molecule has 126 valence electrons. The maximum absolute atomic E-state index is 11.1. The number of hydrogen-bond donors (Lipinski definition) is 2. The summed E-state index contributed by atoms with van der Waals surface area (Å²) in [4.78, 5) is 30.3. The van der Waals surface area contributed by atoms with Crippen molar-refractivity contribution in [3.05, 3.63) is 58.1 Å². The van der Waals surface area contributed by atoms with Gasteiger partial charge in [0.15, 0.2) is 6.29 Å². The van der Waals surface area contributed by atoms with E-state index in [0.717, 1.165) is 0 Å². The lowest BCUT2D eigenvalue weighted by Crippen LogP contribution is -1.99. The molecule has 0 unspecified atom stereocenters. The van der Waals surface area contributed by atoms with E-state index in [-0.39, 0.29) is 11.3 Å². The molecule has 0 saturated carbocycles. The van der Waals surface area contributed by atoms with Gasteiger partial charge < -0.3 is 15.4 Å². The number of nitro benzene ring substituents is 1. The molecule has 2 aromatic rings. The van der Waals surface area contributed by atoms with Crippen molar-refractivity contribution in [2.75, 3.05) is 19.5 Å². The van der Waals surface area contributed by atoms with Crippen LogP contribution < -0.4 is 15.4 Å². The lowest BCUT2D eigenvalue weighted by Gasteiger charge is -2.12. The Morgan fingerprint density at radius 2 is 1.79 bits per heavy atom. The maximum Gasteiger partial charge on any atom is 0.270 e. The van der Waals surface area contributed by atoms with Crippen LogP contribution in [0.2, 0.25) is 0 Å². The van der Waals surface area contributed by atoms with E-state index < -0.39 is 4.92 Å². The van der Waals surface area contributed by atoms with Crippen molar-refractivity contribution in [3.8, 4) is 5.75 Å². The molecule has 0 aromatic heterocycles. The van der Waals surface area contributed by atoms with Crippen molar-refractivity contribution in [2.24, 2.45) is 0 Å². The molecule has 0 fully saturated rings. The molecule has 0 aliphatic rings. The molecule has 0 atom stereocenters. The number of anilines is 2. The first kappa shape index (κ1) is 18.6. The smallest absolute Gasteiger partial charge is 0.270 e. The molecule has 2 N–H and O–H groups in total. The Balaban J connectivity index is 0.000000648. The predicted octanol–water partition coefficient (Wildman–Crippen LogP) is 2.52. The average Bonchev–Trinajstić information content (AvgIpc) is 2.62. The first-order valence-corrected chi connectivity index (χ1v) is 6.82. The van der Waals surface area contributed by atoms with E-state index in [9.17, 15) is 14.9 Å². The molecule has 0 radical (unpaired) electrons. The molecule has 1 amide bonds. The number of hydrogen-bond acceptors (Lipinski definition) is 6. The third-order valence-corrected chi connectivity index (χ3v) is 2.87. The first-order valence-electron chi connectivity index (χ1n) is 6.82. The fourth-order valence-corrected chi connectivity index (χ4v) is 1.77. The highest BCUT2D eigenvalue weighted by molar-refractivity contribution is 5.87. The van der Waals surface area contributed by atoms with Crippen LogP contribution in [0, 0.1) is 10.1 Å². The third-order valence-electron chi connectivity index (χ3n) is 2.87. The molecule has 0 heterocycles. The fraction of sp³-hybridized carbons (Fsp3) is 0.125. The van der Waals surface area contributed by atoms with Crippen molar-refractivity contribution < 1.29 is 19.2 Å². The van der Waals surface area contributed by atoms with Gasteiger partial charge in [-0.3, -0.25) is 19.7 Å². The Labute approximate surface area is 138 Å². The van der Waals surface area contributed by atoms with Gasteiger partial charge in [0.25, 0.3) is 5.69 Å². The number of ether oxygens (including phenoxy) is 1. The second-order valence-corrected chi connectivity index (χ2v) is 4.38. The van der Waals surface area contributed by atoms with Gasteiger partial charge in [0.1, 0.15) is 5.75 Å². The lowest BCUT2D eigenvalue weighted by molar-refractivity contribution is -0.384. The zero-order valence-corrected chi connectivity index (χ0v) is 13.2. The third kappa shape index (κ3) is 5.09. The molecule has 8 nitrogen and oxygen atoms in total. The van der Waals surface area contributed by atoms with Crippen LogP contribution in [0.1, 0.15) is 10.4 Å². The molecule has 24 heavy (non-hydrogen) atoms. The van der Waals surface area contributed by atoms with Gasteiger partial charge in [0, 0.05) is 30.4 Å². The number of para-hydroxylation sites is 2. The number of non-ortho nitro benzene ring substituents is 1. The maximum atomic E-state index is 11.1. The van der Waals surface area contributed by atoms with Crippen LogP contribution in [0.25, 0.3) is 0 Å². The van der Waals surface area contributed by atoms with Crippen LogP contribution in [0.15, 0.2) is 42.5 Å². The SMILES string of the molecule is CNC=O.COc1ccccc1Nc1ccc([N+](=O)[O-])cc1C=O. The molecule has 0 saturated heterocycles. The minimum absolute atomic E-state index is 0.127. The molecular weight excluding hydrogens is 314 g/mol. The van der Waals surface area contributed by atoms with Gasteiger partial charge in [-0.25, -0.2) is 0 Å². The number of carbonyl (C=O) groups is 2. The number of rotatable bonds is 6. The molecular formula is C16H17N3O5. The molecule has 2 rings (SSSR count). The number of benzene rings is 2. The second-order valence-electron chi connectivity index (χ2n) is 4.38. The van der Waals surface area contributed by atoms with Gasteiger partial charge in [-0.1, -0.05) is 12.1 Å². The van der Waals surface area contributed by atoms with E-state index in [1.807, 2.05) is 12.1 Å². The van der Waals surface area contributed by atoms with Crippen molar-refractivity contribution in [3.63, 3.8) is 0 Å². The summed E-state index contributed by atoms with van der Waals surface area (Å²) in [5.74, 6) is 0.614. The monoisotopic (exact) mass is 331 g/mol. The highest BCUT2D eigenvalue weighted by atomic mass is 16.6. The van der Waals surface area contributed by atoms with Crippen LogP contribution in [-0.2, 0) is 4.79 Å². The zero-order chi connectivity index (χ0) is 17.9. The van der Waals surface area contributed by atoms with Crippen LogP contribution in [0.4, 0.5) is 17.1 Å². The van der Waals surface area contributed by atoms with Crippen molar-refractivity contribution in [1.29, 1.82) is 0 Å². The number of nitro groups is 1. The zero-order valence-electron chi connectivity index (χ0n) is 13.2. The predicted molar refractivity (Wildman–Crippen MR) is 89.9 cm³/mol. The van der Waals surface area contributed by atoms with E-state index in [0.29, 0.717) is 29.8 Å². The Morgan fingerprint density at radius 3 is 2.33 bits per heavy atom. The van der Waals surface area contributed by atoms with Crippen molar-refractivity contribution in [1.82, 2.24) is 5.32 Å². The highest BCUT2D eigenvalue weighted by Crippen LogP contribution is 2.29. The molecule has 2 aromatic carbocycles. The molecule has 0 aliphatic carbocycles. The van der Waals surface area contributed by atoms with Gasteiger partial charge in [-0.2, -0.15) is 0 Å². The summed E-state index contributed by atoms with van der Waals surface area (Å²) in [5.41, 5.74) is 1.24. The topological polar surface area (TPSA) is 111 Å². The quantitative estimate of drug-likeness (QED) is 0.478. The second kappa shape index (κ2) is 9.57. The summed E-state index contributed by atoms with van der Waals surface area (Å²) in [5, 5.41) is 16.0. The van der Waals surface area contributed by atoms with E-state index in [4.69, 9.17) is 9.53 Å². The summed E-state index contributed by atoms with van der Waals surface area (Å²) < 4.78 is 5.19. The largest absolute Gasteiger partial charge is 0.495 e. The van der Waals surface area contributed by atoms with Gasteiger partial charge in [-0.05, 0) is 18.2 Å². The van der Waals surface area contributed by atoms with Crippen molar-refractivity contribution >= 4 is 29.8 Å². The Hall–Kier alpha value is -3.42. The molecule has 0 aliphatic heterocycles. The molecule has 8 heteroatoms. The minimum atomic E-state index is -0.542.